The lowest BCUT2D eigenvalue weighted by Crippen LogP contribution is -2.12. The van der Waals surface area contributed by atoms with E-state index in [0.717, 1.165) is 10.6 Å². The Morgan fingerprint density at radius 2 is 2.22 bits per heavy atom. The van der Waals surface area contributed by atoms with Crippen molar-refractivity contribution in [1.29, 1.82) is 0 Å². The summed E-state index contributed by atoms with van der Waals surface area (Å²) < 4.78 is 3.30. The molecule has 4 aromatic rings. The average molecular weight is 324 g/mol. The lowest BCUT2D eigenvalue weighted by molar-refractivity contribution is 0.102. The van der Waals surface area contributed by atoms with Gasteiger partial charge in [-0.15, -0.1) is 11.3 Å². The number of nitrogens with one attached hydrogen (secondary N) is 1. The Labute approximate surface area is 135 Å². The summed E-state index contributed by atoms with van der Waals surface area (Å²) >= 11 is 1.61. The average Bonchev–Trinajstić information content (AvgIpc) is 3.26. The fraction of sp³-hybridized carbons (Fsp3) is 0.0667. The van der Waals surface area contributed by atoms with Crippen LogP contribution < -0.4 is 5.32 Å². The summed E-state index contributed by atoms with van der Waals surface area (Å²) in [4.78, 5) is 17.8. The van der Waals surface area contributed by atoms with Crippen LogP contribution in [0.5, 0.6) is 0 Å². The topological polar surface area (TPSA) is 77.1 Å². The van der Waals surface area contributed by atoms with Gasteiger partial charge < -0.3 is 5.32 Å². The van der Waals surface area contributed by atoms with E-state index < -0.39 is 0 Å². The number of fused-ring (bicyclic) bond motifs is 1. The molecule has 1 amide bonds. The summed E-state index contributed by atoms with van der Waals surface area (Å²) in [7, 11) is 1.79. The molecular formula is C15H12N6OS. The third-order valence-corrected chi connectivity index (χ3v) is 4.27. The normalized spacial score (nSPS) is 11.0. The van der Waals surface area contributed by atoms with Crippen molar-refractivity contribution in [1.82, 2.24) is 24.4 Å². The molecule has 4 aromatic heterocycles. The van der Waals surface area contributed by atoms with E-state index in [1.54, 1.807) is 46.0 Å². The molecule has 0 unspecified atom stereocenters. The molecule has 0 aromatic carbocycles. The van der Waals surface area contributed by atoms with Crippen molar-refractivity contribution < 1.29 is 4.79 Å². The summed E-state index contributed by atoms with van der Waals surface area (Å²) in [5.41, 5.74) is 1.83. The van der Waals surface area contributed by atoms with Crippen molar-refractivity contribution in [3.05, 3.63) is 53.8 Å². The first-order chi connectivity index (χ1) is 11.2. The largest absolute Gasteiger partial charge is 0.305 e. The fourth-order valence-electron chi connectivity index (χ4n) is 2.33. The third kappa shape index (κ3) is 2.38. The molecule has 23 heavy (non-hydrogen) atoms. The van der Waals surface area contributed by atoms with Crippen LogP contribution in [-0.4, -0.2) is 30.3 Å². The van der Waals surface area contributed by atoms with Gasteiger partial charge in [-0.1, -0.05) is 6.07 Å². The number of anilines is 1. The molecule has 4 rings (SSSR count). The fourth-order valence-corrected chi connectivity index (χ4v) is 3.06. The minimum Gasteiger partial charge on any atom is -0.305 e. The Bertz CT molecular complexity index is 985. The standard InChI is InChI=1S/C15H12N6OS/c1-20-7-5-13(19-20)18-15(22)10-9-17-21-11(4-6-16-14(10)21)12-3-2-8-23-12/h2-9H,1H3,(H,18,19,22). The van der Waals surface area contributed by atoms with Crippen molar-refractivity contribution >= 4 is 28.7 Å². The van der Waals surface area contributed by atoms with Gasteiger partial charge in [0.05, 0.1) is 16.8 Å². The number of carbonyl (C=O) groups excluding carboxylic acids is 1. The number of hydrogen-bond acceptors (Lipinski definition) is 5. The minimum absolute atomic E-state index is 0.283. The molecule has 114 valence electrons. The molecule has 0 radical (unpaired) electrons. The summed E-state index contributed by atoms with van der Waals surface area (Å²) in [6.45, 7) is 0. The first-order valence-corrected chi connectivity index (χ1v) is 7.78. The zero-order chi connectivity index (χ0) is 15.8. The summed E-state index contributed by atoms with van der Waals surface area (Å²) in [5, 5.41) is 13.2. The SMILES string of the molecule is Cn1ccc(NC(=O)c2cnn3c(-c4cccs4)ccnc23)n1. The molecule has 0 bridgehead atoms. The molecule has 0 aliphatic rings. The van der Waals surface area contributed by atoms with Gasteiger partial charge in [-0.2, -0.15) is 10.2 Å². The van der Waals surface area contributed by atoms with Crippen LogP contribution in [-0.2, 0) is 7.05 Å². The molecule has 4 heterocycles. The molecule has 8 heteroatoms. The number of hydrogen-bond donors (Lipinski definition) is 1. The van der Waals surface area contributed by atoms with Crippen LogP contribution in [0.4, 0.5) is 5.82 Å². The number of nitrogens with zero attached hydrogens (tertiary/aromatic N) is 5. The Hall–Kier alpha value is -3.00. The smallest absolute Gasteiger partial charge is 0.262 e. The maximum Gasteiger partial charge on any atom is 0.262 e. The van der Waals surface area contributed by atoms with E-state index in [9.17, 15) is 4.79 Å². The van der Waals surface area contributed by atoms with E-state index in [4.69, 9.17) is 0 Å². The lowest BCUT2D eigenvalue weighted by atomic mass is 10.3. The Morgan fingerprint density at radius 1 is 1.30 bits per heavy atom. The first kappa shape index (κ1) is 13.6. The Balaban J connectivity index is 1.74. The zero-order valence-electron chi connectivity index (χ0n) is 12.2. The molecule has 1 N–H and O–H groups in total. The highest BCUT2D eigenvalue weighted by atomic mass is 32.1. The number of aryl methyl sites for hydroxylation is 1. The van der Waals surface area contributed by atoms with E-state index in [1.807, 2.05) is 23.6 Å². The van der Waals surface area contributed by atoms with Gasteiger partial charge in [0.2, 0.25) is 0 Å². The van der Waals surface area contributed by atoms with Gasteiger partial charge in [-0.05, 0) is 17.5 Å². The molecule has 0 saturated heterocycles. The zero-order valence-corrected chi connectivity index (χ0v) is 13.0. The van der Waals surface area contributed by atoms with E-state index in [1.165, 1.54) is 6.20 Å². The van der Waals surface area contributed by atoms with Crippen LogP contribution in [0.15, 0.2) is 48.2 Å². The highest BCUT2D eigenvalue weighted by molar-refractivity contribution is 7.13. The van der Waals surface area contributed by atoms with E-state index in [-0.39, 0.29) is 5.91 Å². The number of thiophene rings is 1. The minimum atomic E-state index is -0.283. The Morgan fingerprint density at radius 3 is 2.96 bits per heavy atom. The van der Waals surface area contributed by atoms with E-state index in [0.29, 0.717) is 17.0 Å². The molecule has 0 atom stereocenters. The van der Waals surface area contributed by atoms with Crippen molar-refractivity contribution in [3.63, 3.8) is 0 Å². The summed E-state index contributed by atoms with van der Waals surface area (Å²) in [6, 6.07) is 7.60. The molecule has 0 spiro atoms. The first-order valence-electron chi connectivity index (χ1n) is 6.90. The quantitative estimate of drug-likeness (QED) is 0.628. The summed E-state index contributed by atoms with van der Waals surface area (Å²) in [5.74, 6) is 0.209. The van der Waals surface area contributed by atoms with E-state index >= 15 is 0 Å². The number of amides is 1. The highest BCUT2D eigenvalue weighted by Gasteiger charge is 2.17. The third-order valence-electron chi connectivity index (χ3n) is 3.37. The van der Waals surface area contributed by atoms with Crippen molar-refractivity contribution in [2.24, 2.45) is 7.05 Å². The van der Waals surface area contributed by atoms with Crippen LogP contribution in [0.2, 0.25) is 0 Å². The van der Waals surface area contributed by atoms with Gasteiger partial charge in [0.1, 0.15) is 5.56 Å². The van der Waals surface area contributed by atoms with Crippen LogP contribution >= 0.6 is 11.3 Å². The second-order valence-electron chi connectivity index (χ2n) is 4.93. The van der Waals surface area contributed by atoms with Crippen molar-refractivity contribution in [2.45, 2.75) is 0 Å². The molecule has 0 saturated carbocycles. The van der Waals surface area contributed by atoms with Crippen molar-refractivity contribution in [3.8, 4) is 10.6 Å². The number of carbonyl (C=O) groups is 1. The Kier molecular flexibility index (Phi) is 3.16. The van der Waals surface area contributed by atoms with Gasteiger partial charge in [0, 0.05) is 25.5 Å². The molecule has 0 aliphatic carbocycles. The van der Waals surface area contributed by atoms with Gasteiger partial charge in [-0.25, -0.2) is 9.50 Å². The lowest BCUT2D eigenvalue weighted by Gasteiger charge is -2.03. The predicted octanol–water partition coefficient (Wildman–Crippen LogP) is 2.44. The maximum atomic E-state index is 12.4. The van der Waals surface area contributed by atoms with Gasteiger partial charge in [0.25, 0.3) is 5.91 Å². The van der Waals surface area contributed by atoms with E-state index in [2.05, 4.69) is 20.5 Å². The van der Waals surface area contributed by atoms with Crippen molar-refractivity contribution in [2.75, 3.05) is 5.32 Å². The summed E-state index contributed by atoms with van der Waals surface area (Å²) in [6.07, 6.45) is 4.97. The predicted molar refractivity (Wildman–Crippen MR) is 87.5 cm³/mol. The number of rotatable bonds is 3. The molecular weight excluding hydrogens is 312 g/mol. The molecule has 0 fully saturated rings. The second kappa shape index (κ2) is 5.33. The number of aromatic nitrogens is 5. The van der Waals surface area contributed by atoms with Gasteiger partial charge in [0.15, 0.2) is 11.5 Å². The van der Waals surface area contributed by atoms with Gasteiger partial charge in [-0.3, -0.25) is 9.48 Å². The molecule has 7 nitrogen and oxygen atoms in total. The highest BCUT2D eigenvalue weighted by Crippen LogP contribution is 2.25. The van der Waals surface area contributed by atoms with Crippen LogP contribution in [0, 0.1) is 0 Å². The van der Waals surface area contributed by atoms with Gasteiger partial charge >= 0.3 is 0 Å². The monoisotopic (exact) mass is 324 g/mol. The van der Waals surface area contributed by atoms with Crippen LogP contribution in [0.1, 0.15) is 10.4 Å². The molecule has 0 aliphatic heterocycles. The van der Waals surface area contributed by atoms with Crippen LogP contribution in [0.25, 0.3) is 16.2 Å². The van der Waals surface area contributed by atoms with Crippen LogP contribution in [0.3, 0.4) is 0 Å². The maximum absolute atomic E-state index is 12.4. The second-order valence-corrected chi connectivity index (χ2v) is 5.88.